The largest absolute Gasteiger partial charge is 0.395 e. The lowest BCUT2D eigenvalue weighted by Gasteiger charge is -2.25. The van der Waals surface area contributed by atoms with Crippen LogP contribution in [0, 0.1) is 0 Å². The minimum atomic E-state index is -3.40. The topological polar surface area (TPSA) is 75.6 Å². The van der Waals surface area contributed by atoms with E-state index in [1.807, 2.05) is 30.3 Å². The standard InChI is InChI=1S/C14H21NO4S/c16-11-13(10-12-4-2-1-3-5-12)15-20(17,18)14-6-8-19-9-7-14/h1-5,13-16H,6-11H2. The summed E-state index contributed by atoms with van der Waals surface area (Å²) in [7, 11) is -3.40. The highest BCUT2D eigenvalue weighted by Crippen LogP contribution is 2.15. The number of ether oxygens (including phenoxy) is 1. The molecule has 1 atom stereocenters. The van der Waals surface area contributed by atoms with Crippen molar-refractivity contribution in [1.29, 1.82) is 0 Å². The third-order valence-electron chi connectivity index (χ3n) is 3.48. The fourth-order valence-electron chi connectivity index (χ4n) is 2.36. The number of nitrogens with one attached hydrogen (secondary N) is 1. The van der Waals surface area contributed by atoms with E-state index in [-0.39, 0.29) is 6.61 Å². The molecule has 1 aromatic carbocycles. The Hall–Kier alpha value is -0.950. The maximum atomic E-state index is 12.3. The van der Waals surface area contributed by atoms with Crippen LogP contribution >= 0.6 is 0 Å². The summed E-state index contributed by atoms with van der Waals surface area (Å²) < 4.78 is 32.3. The van der Waals surface area contributed by atoms with Crippen molar-refractivity contribution in [2.75, 3.05) is 19.8 Å². The van der Waals surface area contributed by atoms with Gasteiger partial charge < -0.3 is 9.84 Å². The minimum Gasteiger partial charge on any atom is -0.395 e. The summed E-state index contributed by atoms with van der Waals surface area (Å²) in [6.07, 6.45) is 1.51. The zero-order chi connectivity index (χ0) is 14.4. The summed E-state index contributed by atoms with van der Waals surface area (Å²) in [5.41, 5.74) is 1.00. The molecule has 1 unspecified atom stereocenters. The van der Waals surface area contributed by atoms with Crippen molar-refractivity contribution in [3.05, 3.63) is 35.9 Å². The predicted octanol–water partition coefficient (Wildman–Crippen LogP) is 0.688. The molecule has 1 fully saturated rings. The van der Waals surface area contributed by atoms with Crippen LogP contribution in [0.4, 0.5) is 0 Å². The van der Waals surface area contributed by atoms with Gasteiger partial charge in [-0.25, -0.2) is 13.1 Å². The molecule has 0 aromatic heterocycles. The predicted molar refractivity (Wildman–Crippen MR) is 76.9 cm³/mol. The molecule has 1 heterocycles. The lowest BCUT2D eigenvalue weighted by Crippen LogP contribution is -2.45. The van der Waals surface area contributed by atoms with E-state index >= 15 is 0 Å². The normalized spacial score (nSPS) is 18.9. The molecule has 112 valence electrons. The maximum Gasteiger partial charge on any atom is 0.214 e. The van der Waals surface area contributed by atoms with Gasteiger partial charge in [0, 0.05) is 19.3 Å². The van der Waals surface area contributed by atoms with Gasteiger partial charge in [0.15, 0.2) is 0 Å². The van der Waals surface area contributed by atoms with Crippen molar-refractivity contribution in [3.8, 4) is 0 Å². The van der Waals surface area contributed by atoms with Gasteiger partial charge in [-0.3, -0.25) is 0 Å². The van der Waals surface area contributed by atoms with Crippen LogP contribution in [0.5, 0.6) is 0 Å². The first-order valence-corrected chi connectivity index (χ1v) is 8.40. The second-order valence-electron chi connectivity index (χ2n) is 5.04. The fourth-order valence-corrected chi connectivity index (χ4v) is 3.98. The smallest absolute Gasteiger partial charge is 0.214 e. The number of sulfonamides is 1. The third kappa shape index (κ3) is 4.28. The zero-order valence-corrected chi connectivity index (χ0v) is 12.2. The van der Waals surface area contributed by atoms with Crippen molar-refractivity contribution in [1.82, 2.24) is 4.72 Å². The first-order chi connectivity index (χ1) is 9.62. The van der Waals surface area contributed by atoms with E-state index in [2.05, 4.69) is 4.72 Å². The molecule has 6 heteroatoms. The number of benzene rings is 1. The van der Waals surface area contributed by atoms with E-state index in [4.69, 9.17) is 4.74 Å². The average Bonchev–Trinajstić information content (AvgIpc) is 2.48. The summed E-state index contributed by atoms with van der Waals surface area (Å²) in [6, 6.07) is 9.07. The molecule has 1 aromatic rings. The molecular formula is C14H21NO4S. The SMILES string of the molecule is O=S(=O)(NC(CO)Cc1ccccc1)C1CCOCC1. The Morgan fingerprint density at radius 2 is 1.90 bits per heavy atom. The van der Waals surface area contributed by atoms with Crippen LogP contribution in [0.3, 0.4) is 0 Å². The lowest BCUT2D eigenvalue weighted by atomic mass is 10.1. The van der Waals surface area contributed by atoms with E-state index in [1.165, 1.54) is 0 Å². The van der Waals surface area contributed by atoms with Gasteiger partial charge >= 0.3 is 0 Å². The second kappa shape index (κ2) is 7.17. The molecular weight excluding hydrogens is 278 g/mol. The average molecular weight is 299 g/mol. The summed E-state index contributed by atoms with van der Waals surface area (Å²) in [5, 5.41) is 8.98. The van der Waals surface area contributed by atoms with Gasteiger partial charge in [0.1, 0.15) is 0 Å². The van der Waals surface area contributed by atoms with E-state index in [9.17, 15) is 13.5 Å². The quantitative estimate of drug-likeness (QED) is 0.810. The molecule has 20 heavy (non-hydrogen) atoms. The molecule has 0 spiro atoms. The molecule has 0 amide bonds. The van der Waals surface area contributed by atoms with Gasteiger partial charge in [-0.1, -0.05) is 30.3 Å². The Labute approximate surface area is 120 Å². The summed E-state index contributed by atoms with van der Waals surface area (Å²) in [5.74, 6) is 0. The van der Waals surface area contributed by atoms with Crippen LogP contribution < -0.4 is 4.72 Å². The molecule has 0 bridgehead atoms. The molecule has 0 radical (unpaired) electrons. The minimum absolute atomic E-state index is 0.211. The van der Waals surface area contributed by atoms with Crippen molar-refractivity contribution in [2.24, 2.45) is 0 Å². The number of rotatable bonds is 6. The van der Waals surface area contributed by atoms with Gasteiger partial charge in [-0.15, -0.1) is 0 Å². The van der Waals surface area contributed by atoms with Crippen molar-refractivity contribution < 1.29 is 18.3 Å². The van der Waals surface area contributed by atoms with Gasteiger partial charge in [0.05, 0.1) is 11.9 Å². The molecule has 2 N–H and O–H groups in total. The van der Waals surface area contributed by atoms with E-state index in [0.717, 1.165) is 5.56 Å². The monoisotopic (exact) mass is 299 g/mol. The summed E-state index contributed by atoms with van der Waals surface area (Å²) >= 11 is 0. The highest BCUT2D eigenvalue weighted by atomic mass is 32.2. The molecule has 0 aliphatic carbocycles. The number of hydrogen-bond acceptors (Lipinski definition) is 4. The Balaban J connectivity index is 1.98. The van der Waals surface area contributed by atoms with Gasteiger partial charge in [0.2, 0.25) is 10.0 Å². The van der Waals surface area contributed by atoms with Crippen LogP contribution in [-0.2, 0) is 21.2 Å². The molecule has 2 rings (SSSR count). The first kappa shape index (κ1) is 15.4. The fraction of sp³-hybridized carbons (Fsp3) is 0.571. The Morgan fingerprint density at radius 1 is 1.25 bits per heavy atom. The van der Waals surface area contributed by atoms with Crippen molar-refractivity contribution >= 4 is 10.0 Å². The van der Waals surface area contributed by atoms with Crippen LogP contribution in [0.15, 0.2) is 30.3 Å². The summed E-state index contributed by atoms with van der Waals surface area (Å²) in [4.78, 5) is 0. The molecule has 1 saturated heterocycles. The van der Waals surface area contributed by atoms with Gasteiger partial charge in [-0.2, -0.15) is 0 Å². The Kier molecular flexibility index (Phi) is 5.54. The maximum absolute atomic E-state index is 12.3. The second-order valence-corrected chi connectivity index (χ2v) is 7.04. The highest BCUT2D eigenvalue weighted by Gasteiger charge is 2.29. The van der Waals surface area contributed by atoms with Crippen LogP contribution in [0.2, 0.25) is 0 Å². The van der Waals surface area contributed by atoms with Crippen molar-refractivity contribution in [2.45, 2.75) is 30.6 Å². The molecule has 1 aliphatic heterocycles. The molecule has 0 saturated carbocycles. The van der Waals surface area contributed by atoms with Crippen LogP contribution in [0.25, 0.3) is 0 Å². The zero-order valence-electron chi connectivity index (χ0n) is 11.4. The molecule has 5 nitrogen and oxygen atoms in total. The van der Waals surface area contributed by atoms with Crippen molar-refractivity contribution in [3.63, 3.8) is 0 Å². The lowest BCUT2D eigenvalue weighted by molar-refractivity contribution is 0.0980. The van der Waals surface area contributed by atoms with Crippen LogP contribution in [0.1, 0.15) is 18.4 Å². The molecule has 1 aliphatic rings. The first-order valence-electron chi connectivity index (χ1n) is 6.85. The van der Waals surface area contributed by atoms with E-state index in [1.54, 1.807) is 0 Å². The number of hydrogen-bond donors (Lipinski definition) is 2. The Bertz CT molecular complexity index is 497. The van der Waals surface area contributed by atoms with E-state index < -0.39 is 21.3 Å². The van der Waals surface area contributed by atoms with Crippen LogP contribution in [-0.4, -0.2) is 44.6 Å². The number of aliphatic hydroxyl groups excluding tert-OH is 1. The summed E-state index contributed by atoms with van der Waals surface area (Å²) in [6.45, 7) is 0.749. The third-order valence-corrected chi connectivity index (χ3v) is 5.49. The van der Waals surface area contributed by atoms with E-state index in [0.29, 0.717) is 32.5 Å². The number of aliphatic hydroxyl groups is 1. The Morgan fingerprint density at radius 3 is 2.50 bits per heavy atom. The van der Waals surface area contributed by atoms with Gasteiger partial charge in [-0.05, 0) is 24.8 Å². The highest BCUT2D eigenvalue weighted by molar-refractivity contribution is 7.90. The van der Waals surface area contributed by atoms with Gasteiger partial charge in [0.25, 0.3) is 0 Å².